The Labute approximate surface area is 93.6 Å². The molecule has 7 heteroatoms. The molecule has 0 radical (unpaired) electrons. The number of hydrogen-bond acceptors (Lipinski definition) is 4. The van der Waals surface area contributed by atoms with Crippen molar-refractivity contribution in [1.29, 1.82) is 0 Å². The third-order valence-electron chi connectivity index (χ3n) is 2.56. The van der Waals surface area contributed by atoms with Crippen LogP contribution in [0.2, 0.25) is 0 Å². The average molecular weight is 243 g/mol. The number of rotatable bonds is 1. The van der Waals surface area contributed by atoms with E-state index in [1.807, 2.05) is 6.92 Å². The van der Waals surface area contributed by atoms with Gasteiger partial charge in [0.05, 0.1) is 11.4 Å². The molecule has 0 saturated heterocycles. The van der Waals surface area contributed by atoms with Crippen LogP contribution in [0.3, 0.4) is 0 Å². The van der Waals surface area contributed by atoms with E-state index >= 15 is 0 Å². The van der Waals surface area contributed by atoms with Crippen LogP contribution < -0.4 is 5.32 Å². The van der Waals surface area contributed by atoms with E-state index in [0.29, 0.717) is 17.8 Å². The molecule has 1 aliphatic heterocycles. The smallest absolute Gasteiger partial charge is 0.225 e. The van der Waals surface area contributed by atoms with Gasteiger partial charge < -0.3 is 5.32 Å². The maximum Gasteiger partial charge on any atom is 0.225 e. The monoisotopic (exact) mass is 243 g/mol. The van der Waals surface area contributed by atoms with E-state index < -0.39 is 9.84 Å². The van der Waals surface area contributed by atoms with Crippen molar-refractivity contribution in [2.45, 2.75) is 24.8 Å². The first-order chi connectivity index (χ1) is 7.45. The first-order valence-electron chi connectivity index (χ1n) is 5.04. The van der Waals surface area contributed by atoms with Gasteiger partial charge in [-0.2, -0.15) is 5.10 Å². The summed E-state index contributed by atoms with van der Waals surface area (Å²) in [7, 11) is -1.84. The molecule has 0 unspecified atom stereocenters. The number of hydrogen-bond donors (Lipinski definition) is 1. The zero-order chi connectivity index (χ0) is 11.9. The lowest BCUT2D eigenvalue weighted by molar-refractivity contribution is -0.115. The Morgan fingerprint density at radius 3 is 2.81 bits per heavy atom. The van der Waals surface area contributed by atoms with Crippen molar-refractivity contribution in [3.8, 4) is 0 Å². The molecule has 16 heavy (non-hydrogen) atoms. The minimum atomic E-state index is -3.41. The summed E-state index contributed by atoms with van der Waals surface area (Å²) >= 11 is 0. The second kappa shape index (κ2) is 3.58. The average Bonchev–Trinajstić information content (AvgIpc) is 2.46. The molecule has 6 nitrogen and oxygen atoms in total. The van der Waals surface area contributed by atoms with E-state index in [4.69, 9.17) is 0 Å². The van der Waals surface area contributed by atoms with Crippen molar-refractivity contribution in [2.75, 3.05) is 11.1 Å². The van der Waals surface area contributed by atoms with Gasteiger partial charge in [-0.15, -0.1) is 0 Å². The summed E-state index contributed by atoms with van der Waals surface area (Å²) in [5, 5.41) is 6.84. The number of amides is 1. The summed E-state index contributed by atoms with van der Waals surface area (Å²) in [6.45, 7) is 1.87. The lowest BCUT2D eigenvalue weighted by atomic mass is 10.3. The number of nitrogens with zero attached hydrogens (tertiary/aromatic N) is 2. The Morgan fingerprint density at radius 1 is 1.50 bits per heavy atom. The highest BCUT2D eigenvalue weighted by Crippen LogP contribution is 2.29. The van der Waals surface area contributed by atoms with Crippen molar-refractivity contribution in [2.24, 2.45) is 7.05 Å². The number of fused-ring (bicyclic) bond motifs is 1. The maximum atomic E-state index is 11.9. The topological polar surface area (TPSA) is 81.1 Å². The van der Waals surface area contributed by atoms with Crippen LogP contribution in [-0.4, -0.2) is 29.9 Å². The van der Waals surface area contributed by atoms with Crippen LogP contribution in [0, 0.1) is 0 Å². The van der Waals surface area contributed by atoms with Crippen LogP contribution in [0.4, 0.5) is 5.69 Å². The van der Waals surface area contributed by atoms with Gasteiger partial charge in [-0.25, -0.2) is 8.42 Å². The summed E-state index contributed by atoms with van der Waals surface area (Å²) < 4.78 is 25.2. The maximum absolute atomic E-state index is 11.9. The van der Waals surface area contributed by atoms with Crippen molar-refractivity contribution >= 4 is 21.4 Å². The van der Waals surface area contributed by atoms with Crippen LogP contribution in [0.5, 0.6) is 0 Å². The quantitative estimate of drug-likeness (QED) is 0.758. The summed E-state index contributed by atoms with van der Waals surface area (Å²) in [4.78, 5) is 11.4. The van der Waals surface area contributed by atoms with E-state index in [1.54, 1.807) is 7.05 Å². The van der Waals surface area contributed by atoms with Crippen molar-refractivity contribution < 1.29 is 13.2 Å². The van der Waals surface area contributed by atoms with Crippen LogP contribution >= 0.6 is 0 Å². The zero-order valence-electron chi connectivity index (χ0n) is 9.15. The Balaban J connectivity index is 2.71. The van der Waals surface area contributed by atoms with Crippen molar-refractivity contribution in [3.05, 3.63) is 5.69 Å². The summed E-state index contributed by atoms with van der Waals surface area (Å²) in [6, 6.07) is 0. The molecule has 2 heterocycles. The first-order valence-corrected chi connectivity index (χ1v) is 6.69. The highest BCUT2D eigenvalue weighted by molar-refractivity contribution is 7.91. The highest BCUT2D eigenvalue weighted by Gasteiger charge is 2.31. The van der Waals surface area contributed by atoms with Crippen LogP contribution in [0.1, 0.15) is 19.0 Å². The normalized spacial score (nSPS) is 18.8. The standard InChI is InChI=1S/C9H13N3O3S/c1-3-6-8-9(12(2)11-6)16(14,15)5-4-7(13)10-8/h3-5H2,1-2H3,(H,10,13). The van der Waals surface area contributed by atoms with Crippen molar-refractivity contribution in [3.63, 3.8) is 0 Å². The Bertz CT molecular complexity index is 545. The van der Waals surface area contributed by atoms with E-state index in [0.717, 1.165) is 0 Å². The van der Waals surface area contributed by atoms with Crippen LogP contribution in [0.25, 0.3) is 0 Å². The number of aryl methyl sites for hydroxylation is 2. The van der Waals surface area contributed by atoms with Gasteiger partial charge in [0, 0.05) is 13.5 Å². The third-order valence-corrected chi connectivity index (χ3v) is 4.36. The fourth-order valence-electron chi connectivity index (χ4n) is 1.82. The molecular weight excluding hydrogens is 230 g/mol. The van der Waals surface area contributed by atoms with E-state index in [2.05, 4.69) is 10.4 Å². The van der Waals surface area contributed by atoms with Gasteiger partial charge in [-0.1, -0.05) is 6.92 Å². The molecule has 1 aromatic heterocycles. The molecule has 1 amide bonds. The fraction of sp³-hybridized carbons (Fsp3) is 0.556. The number of anilines is 1. The SMILES string of the molecule is CCc1nn(C)c2c1NC(=O)CCS2(=O)=O. The third kappa shape index (κ3) is 1.60. The Hall–Kier alpha value is -1.37. The molecule has 0 atom stereocenters. The molecule has 0 aliphatic carbocycles. The molecule has 0 aromatic carbocycles. The van der Waals surface area contributed by atoms with Gasteiger partial charge >= 0.3 is 0 Å². The summed E-state index contributed by atoms with van der Waals surface area (Å²) in [5.41, 5.74) is 0.962. The summed E-state index contributed by atoms with van der Waals surface area (Å²) in [5.74, 6) is -0.431. The molecule has 0 fully saturated rings. The molecule has 1 aliphatic rings. The largest absolute Gasteiger partial charge is 0.322 e. The molecular formula is C9H13N3O3S. The van der Waals surface area contributed by atoms with Gasteiger partial charge in [0.2, 0.25) is 5.91 Å². The van der Waals surface area contributed by atoms with Crippen LogP contribution in [-0.2, 0) is 28.1 Å². The van der Waals surface area contributed by atoms with E-state index in [9.17, 15) is 13.2 Å². The van der Waals surface area contributed by atoms with E-state index in [-0.39, 0.29) is 23.1 Å². The van der Waals surface area contributed by atoms with Gasteiger partial charge in [0.25, 0.3) is 0 Å². The minimum Gasteiger partial charge on any atom is -0.322 e. The number of carbonyl (C=O) groups excluding carboxylic acids is 1. The van der Waals surface area contributed by atoms with Gasteiger partial charge in [0.1, 0.15) is 5.69 Å². The van der Waals surface area contributed by atoms with Gasteiger partial charge in [-0.3, -0.25) is 9.48 Å². The molecule has 0 spiro atoms. The molecule has 0 saturated carbocycles. The molecule has 1 N–H and O–H groups in total. The highest BCUT2D eigenvalue weighted by atomic mass is 32.2. The molecule has 88 valence electrons. The van der Waals surface area contributed by atoms with Gasteiger partial charge in [0.15, 0.2) is 14.9 Å². The Kier molecular flexibility index (Phi) is 2.49. The predicted octanol–water partition coefficient (Wildman–Crippen LogP) is 0.0984. The lowest BCUT2D eigenvalue weighted by Crippen LogP contribution is -2.13. The zero-order valence-corrected chi connectivity index (χ0v) is 9.97. The van der Waals surface area contributed by atoms with Gasteiger partial charge in [-0.05, 0) is 6.42 Å². The first kappa shape index (κ1) is 11.1. The fourth-order valence-corrected chi connectivity index (χ4v) is 3.39. The Morgan fingerprint density at radius 2 is 2.19 bits per heavy atom. The second-order valence-electron chi connectivity index (χ2n) is 3.72. The van der Waals surface area contributed by atoms with E-state index in [1.165, 1.54) is 4.68 Å². The molecule has 2 rings (SSSR count). The number of nitrogens with one attached hydrogen (secondary N) is 1. The number of sulfone groups is 1. The van der Waals surface area contributed by atoms with Crippen LogP contribution in [0.15, 0.2) is 5.03 Å². The second-order valence-corrected chi connectivity index (χ2v) is 5.75. The molecule has 1 aromatic rings. The predicted molar refractivity (Wildman–Crippen MR) is 57.9 cm³/mol. The number of carbonyl (C=O) groups is 1. The minimum absolute atomic E-state index is 0.000166. The summed E-state index contributed by atoms with van der Waals surface area (Å²) in [6.07, 6.45) is 0.582. The lowest BCUT2D eigenvalue weighted by Gasteiger charge is -2.02. The van der Waals surface area contributed by atoms with Crippen molar-refractivity contribution in [1.82, 2.24) is 9.78 Å². The number of aromatic nitrogens is 2. The molecule has 0 bridgehead atoms.